The second-order valence-electron chi connectivity index (χ2n) is 8.25. The molecule has 0 N–H and O–H groups in total. The van der Waals surface area contributed by atoms with Crippen LogP contribution in [-0.4, -0.2) is 6.61 Å². The van der Waals surface area contributed by atoms with Crippen LogP contribution < -0.4 is 9.47 Å². The van der Waals surface area contributed by atoms with E-state index in [1.54, 1.807) is 0 Å². The predicted molar refractivity (Wildman–Crippen MR) is 116 cm³/mol. The minimum Gasteiger partial charge on any atom is -0.491 e. The molecule has 0 aliphatic heterocycles. The quantitative estimate of drug-likeness (QED) is 0.294. The molecule has 0 aromatic heterocycles. The molecule has 3 aromatic rings. The van der Waals surface area contributed by atoms with Gasteiger partial charge in [-0.1, -0.05) is 25.5 Å². The van der Waals surface area contributed by atoms with Crippen molar-refractivity contribution in [2.45, 2.75) is 44.6 Å². The molecule has 0 fully saturated rings. The van der Waals surface area contributed by atoms with Gasteiger partial charge >= 0.3 is 18.0 Å². The highest BCUT2D eigenvalue weighted by Gasteiger charge is 2.65. The number of rotatable bonds is 7. The summed E-state index contributed by atoms with van der Waals surface area (Å²) in [6.45, 7) is 3.21. The lowest BCUT2D eigenvalue weighted by Gasteiger charge is -2.35. The Balaban J connectivity index is 1.82. The Hall–Kier alpha value is -3.30. The van der Waals surface area contributed by atoms with Crippen molar-refractivity contribution in [1.29, 1.82) is 0 Å². The lowest BCUT2D eigenvalue weighted by molar-refractivity contribution is -0.228. The predicted octanol–water partition coefficient (Wildman–Crippen LogP) is 8.31. The number of alkyl halides is 6. The van der Waals surface area contributed by atoms with Crippen molar-refractivity contribution in [2.24, 2.45) is 0 Å². The average molecular weight is 516 g/mol. The largest absolute Gasteiger partial charge is 0.491 e. The van der Waals surface area contributed by atoms with Crippen LogP contribution in [0.2, 0.25) is 0 Å². The van der Waals surface area contributed by atoms with Crippen LogP contribution >= 0.6 is 0 Å². The SMILES string of the molecule is CCCc1ccc(C(F)(F)Oc2ccc3c(c2F)C(F)(F)C(F)(F)c2c-3ccc(OCC)c2F)cc1. The van der Waals surface area contributed by atoms with Gasteiger partial charge in [-0.25, -0.2) is 8.78 Å². The fraction of sp³-hybridized carbons (Fsp3) is 0.308. The van der Waals surface area contributed by atoms with E-state index < -0.39 is 68.9 Å². The summed E-state index contributed by atoms with van der Waals surface area (Å²) < 4.78 is 129. The Kier molecular flexibility index (Phi) is 6.43. The highest BCUT2D eigenvalue weighted by atomic mass is 19.3. The monoisotopic (exact) mass is 516 g/mol. The standard InChI is InChI=1S/C26H20F8O2/c1-3-5-14-6-8-15(9-7-14)26(33,34)36-19-13-11-17-16-10-12-18(35-4-2)22(27)20(16)24(29,30)25(31,32)21(17)23(19)28/h6-13H,3-5H2,1-2H3. The second-order valence-corrected chi connectivity index (χ2v) is 8.25. The van der Waals surface area contributed by atoms with E-state index in [0.29, 0.717) is 12.5 Å². The normalized spacial score (nSPS) is 15.7. The van der Waals surface area contributed by atoms with Gasteiger partial charge in [0.15, 0.2) is 23.1 Å². The molecule has 0 unspecified atom stereocenters. The van der Waals surface area contributed by atoms with Gasteiger partial charge in [0.25, 0.3) is 0 Å². The average Bonchev–Trinajstić information content (AvgIpc) is 2.81. The molecule has 1 aliphatic rings. The molecule has 0 radical (unpaired) electrons. The van der Waals surface area contributed by atoms with Gasteiger partial charge in [0, 0.05) is 0 Å². The summed E-state index contributed by atoms with van der Waals surface area (Å²) in [5, 5.41) is 0. The molecule has 0 saturated carbocycles. The van der Waals surface area contributed by atoms with Crippen LogP contribution in [0.5, 0.6) is 11.5 Å². The molecule has 0 amide bonds. The molecule has 0 spiro atoms. The van der Waals surface area contributed by atoms with Crippen molar-refractivity contribution >= 4 is 0 Å². The van der Waals surface area contributed by atoms with Gasteiger partial charge in [0.2, 0.25) is 0 Å². The summed E-state index contributed by atoms with van der Waals surface area (Å²) in [4.78, 5) is 0. The second kappa shape index (κ2) is 8.97. The van der Waals surface area contributed by atoms with E-state index in [1.165, 1.54) is 19.1 Å². The zero-order valence-electron chi connectivity index (χ0n) is 19.1. The number of fused-ring (bicyclic) bond motifs is 3. The summed E-state index contributed by atoms with van der Waals surface area (Å²) in [7, 11) is 0. The molecule has 0 atom stereocenters. The topological polar surface area (TPSA) is 18.5 Å². The van der Waals surface area contributed by atoms with Crippen molar-refractivity contribution < 1.29 is 44.6 Å². The fourth-order valence-corrected chi connectivity index (χ4v) is 4.19. The summed E-state index contributed by atoms with van der Waals surface area (Å²) in [6, 6.07) is 8.07. The maximum absolute atomic E-state index is 15.2. The molecule has 192 valence electrons. The summed E-state index contributed by atoms with van der Waals surface area (Å²) in [5.41, 5.74) is -4.96. The molecule has 0 saturated heterocycles. The van der Waals surface area contributed by atoms with Crippen LogP contribution in [-0.2, 0) is 24.4 Å². The van der Waals surface area contributed by atoms with Crippen LogP contribution in [0.4, 0.5) is 35.1 Å². The summed E-state index contributed by atoms with van der Waals surface area (Å²) >= 11 is 0. The number of halogens is 8. The van der Waals surface area contributed by atoms with E-state index in [0.717, 1.165) is 42.3 Å². The van der Waals surface area contributed by atoms with Crippen LogP contribution in [0.1, 0.15) is 42.5 Å². The smallest absolute Gasteiger partial charge is 0.426 e. The van der Waals surface area contributed by atoms with Gasteiger partial charge < -0.3 is 9.47 Å². The first kappa shape index (κ1) is 25.8. The summed E-state index contributed by atoms with van der Waals surface area (Å²) in [5.74, 6) is -16.4. The molecule has 1 aliphatic carbocycles. The first-order valence-electron chi connectivity index (χ1n) is 11.1. The lowest BCUT2D eigenvalue weighted by atomic mass is 9.79. The van der Waals surface area contributed by atoms with Crippen molar-refractivity contribution in [2.75, 3.05) is 6.61 Å². The van der Waals surface area contributed by atoms with Crippen LogP contribution in [0.3, 0.4) is 0 Å². The molecule has 36 heavy (non-hydrogen) atoms. The maximum atomic E-state index is 15.2. The van der Waals surface area contributed by atoms with E-state index in [1.807, 2.05) is 6.92 Å². The van der Waals surface area contributed by atoms with Crippen LogP contribution in [0.15, 0.2) is 48.5 Å². The number of benzene rings is 3. The molecular weight excluding hydrogens is 496 g/mol. The van der Waals surface area contributed by atoms with E-state index in [9.17, 15) is 22.0 Å². The van der Waals surface area contributed by atoms with Crippen molar-refractivity contribution in [3.63, 3.8) is 0 Å². The van der Waals surface area contributed by atoms with Gasteiger partial charge in [-0.3, -0.25) is 0 Å². The Bertz CT molecular complexity index is 1290. The highest BCUT2D eigenvalue weighted by Crippen LogP contribution is 2.60. The molecule has 3 aromatic carbocycles. The van der Waals surface area contributed by atoms with Crippen molar-refractivity contribution in [3.05, 3.63) is 82.4 Å². The Morgan fingerprint density at radius 1 is 0.722 bits per heavy atom. The van der Waals surface area contributed by atoms with Gasteiger partial charge in [-0.2, -0.15) is 26.3 Å². The van der Waals surface area contributed by atoms with Crippen molar-refractivity contribution in [3.8, 4) is 22.6 Å². The number of hydrogen-bond donors (Lipinski definition) is 0. The number of aryl methyl sites for hydroxylation is 1. The molecule has 0 bridgehead atoms. The van der Waals surface area contributed by atoms with Crippen LogP contribution in [0, 0.1) is 11.6 Å². The zero-order valence-corrected chi connectivity index (χ0v) is 19.1. The van der Waals surface area contributed by atoms with E-state index >= 15 is 13.2 Å². The van der Waals surface area contributed by atoms with Crippen LogP contribution in [0.25, 0.3) is 11.1 Å². The molecule has 10 heteroatoms. The van der Waals surface area contributed by atoms with Gasteiger partial charge in [0.05, 0.1) is 23.3 Å². The Morgan fingerprint density at radius 2 is 1.22 bits per heavy atom. The number of ether oxygens (including phenoxy) is 2. The van der Waals surface area contributed by atoms with E-state index in [2.05, 4.69) is 4.74 Å². The maximum Gasteiger partial charge on any atom is 0.426 e. The summed E-state index contributed by atoms with van der Waals surface area (Å²) in [6.07, 6.45) is -2.77. The Labute approximate surface area is 201 Å². The Morgan fingerprint density at radius 3 is 1.72 bits per heavy atom. The molecule has 4 rings (SSSR count). The van der Waals surface area contributed by atoms with Gasteiger partial charge in [-0.05, 0) is 66.4 Å². The van der Waals surface area contributed by atoms with Crippen molar-refractivity contribution in [1.82, 2.24) is 0 Å². The first-order chi connectivity index (χ1) is 16.9. The highest BCUT2D eigenvalue weighted by molar-refractivity contribution is 5.78. The minimum atomic E-state index is -5.29. The van der Waals surface area contributed by atoms with E-state index in [4.69, 9.17) is 4.74 Å². The third-order valence-electron chi connectivity index (χ3n) is 5.89. The number of hydrogen-bond acceptors (Lipinski definition) is 2. The van der Waals surface area contributed by atoms with Gasteiger partial charge in [-0.15, -0.1) is 0 Å². The molecule has 0 heterocycles. The minimum absolute atomic E-state index is 0.126. The van der Waals surface area contributed by atoms with E-state index in [-0.39, 0.29) is 6.61 Å². The fourth-order valence-electron chi connectivity index (χ4n) is 4.19. The zero-order chi connectivity index (χ0) is 26.5. The lowest BCUT2D eigenvalue weighted by Crippen LogP contribution is -2.41. The first-order valence-corrected chi connectivity index (χ1v) is 11.1. The molecule has 2 nitrogen and oxygen atoms in total. The molecular formula is C26H20F8O2. The third-order valence-corrected chi connectivity index (χ3v) is 5.89. The third kappa shape index (κ3) is 3.96. The van der Waals surface area contributed by atoms with Gasteiger partial charge in [0.1, 0.15) is 0 Å².